The van der Waals surface area contributed by atoms with E-state index in [1.165, 1.54) is 30.5 Å². The van der Waals surface area contributed by atoms with Crippen LogP contribution in [-0.2, 0) is 11.2 Å². The van der Waals surface area contributed by atoms with Crippen molar-refractivity contribution in [2.75, 3.05) is 36.9 Å². The first-order valence-electron chi connectivity index (χ1n) is 9.43. The molecule has 2 aromatic carbocycles. The molecule has 1 fully saturated rings. The highest BCUT2D eigenvalue weighted by Crippen LogP contribution is 2.38. The standard InChI is InChI=1S/C22H30N2O/c1-2-25-18-22(13-12-19-6-4-3-5-7-19)14-16-24(17-15-22)21-10-8-20(23)9-11-21/h3-11H,2,12-18,23H2,1H3. The van der Waals surface area contributed by atoms with Crippen LogP contribution < -0.4 is 10.6 Å². The van der Waals surface area contributed by atoms with E-state index in [4.69, 9.17) is 10.5 Å². The predicted molar refractivity (Wildman–Crippen MR) is 106 cm³/mol. The van der Waals surface area contributed by atoms with E-state index in [-0.39, 0.29) is 0 Å². The van der Waals surface area contributed by atoms with Gasteiger partial charge in [0.1, 0.15) is 0 Å². The second kappa shape index (κ2) is 8.39. The molecule has 2 aromatic rings. The maximum absolute atomic E-state index is 5.89. The van der Waals surface area contributed by atoms with Crippen molar-refractivity contribution in [2.24, 2.45) is 5.41 Å². The molecule has 3 nitrogen and oxygen atoms in total. The third kappa shape index (κ3) is 4.76. The van der Waals surface area contributed by atoms with Crippen LogP contribution in [0.15, 0.2) is 54.6 Å². The van der Waals surface area contributed by atoms with Gasteiger partial charge in [-0.2, -0.15) is 0 Å². The Balaban J connectivity index is 1.62. The van der Waals surface area contributed by atoms with Crippen LogP contribution in [0.5, 0.6) is 0 Å². The van der Waals surface area contributed by atoms with Gasteiger partial charge in [0.2, 0.25) is 0 Å². The van der Waals surface area contributed by atoms with Gasteiger partial charge in [0.15, 0.2) is 0 Å². The van der Waals surface area contributed by atoms with Crippen molar-refractivity contribution >= 4 is 11.4 Å². The molecule has 0 atom stereocenters. The first kappa shape index (κ1) is 17.8. The van der Waals surface area contributed by atoms with E-state index in [1.54, 1.807) is 0 Å². The fourth-order valence-corrected chi connectivity index (χ4v) is 3.76. The summed E-state index contributed by atoms with van der Waals surface area (Å²) in [4.78, 5) is 2.48. The fourth-order valence-electron chi connectivity index (χ4n) is 3.76. The zero-order valence-corrected chi connectivity index (χ0v) is 15.3. The average molecular weight is 338 g/mol. The molecule has 0 unspecified atom stereocenters. The highest BCUT2D eigenvalue weighted by molar-refractivity contribution is 5.53. The van der Waals surface area contributed by atoms with Crippen LogP contribution in [-0.4, -0.2) is 26.3 Å². The first-order chi connectivity index (χ1) is 12.2. The molecule has 0 radical (unpaired) electrons. The van der Waals surface area contributed by atoms with Gasteiger partial charge in [-0.3, -0.25) is 0 Å². The average Bonchev–Trinajstić information content (AvgIpc) is 2.67. The Kier molecular flexibility index (Phi) is 5.98. The lowest BCUT2D eigenvalue weighted by molar-refractivity contribution is 0.0286. The summed E-state index contributed by atoms with van der Waals surface area (Å²) in [6, 6.07) is 19.1. The van der Waals surface area contributed by atoms with Crippen LogP contribution in [0.4, 0.5) is 11.4 Å². The van der Waals surface area contributed by atoms with Crippen molar-refractivity contribution in [3.63, 3.8) is 0 Å². The molecular formula is C22H30N2O. The Labute approximate surface area is 151 Å². The van der Waals surface area contributed by atoms with Crippen molar-refractivity contribution < 1.29 is 4.74 Å². The summed E-state index contributed by atoms with van der Waals surface area (Å²) >= 11 is 0. The number of anilines is 2. The highest BCUT2D eigenvalue weighted by atomic mass is 16.5. The zero-order chi connectivity index (χ0) is 17.5. The fraction of sp³-hybridized carbons (Fsp3) is 0.455. The molecule has 0 amide bonds. The molecule has 0 spiro atoms. The molecule has 0 aliphatic carbocycles. The maximum atomic E-state index is 5.89. The van der Waals surface area contributed by atoms with Gasteiger partial charge in [-0.1, -0.05) is 30.3 Å². The number of hydrogen-bond donors (Lipinski definition) is 1. The SMILES string of the molecule is CCOCC1(CCc2ccccc2)CCN(c2ccc(N)cc2)CC1. The smallest absolute Gasteiger partial charge is 0.0523 e. The first-order valence-corrected chi connectivity index (χ1v) is 9.43. The molecule has 3 rings (SSSR count). The van der Waals surface area contributed by atoms with Crippen molar-refractivity contribution in [1.82, 2.24) is 0 Å². The van der Waals surface area contributed by atoms with Crippen molar-refractivity contribution in [2.45, 2.75) is 32.6 Å². The van der Waals surface area contributed by atoms with E-state index < -0.39 is 0 Å². The van der Waals surface area contributed by atoms with Gasteiger partial charge in [-0.15, -0.1) is 0 Å². The Morgan fingerprint density at radius 3 is 2.32 bits per heavy atom. The van der Waals surface area contributed by atoms with Crippen molar-refractivity contribution in [3.8, 4) is 0 Å². The van der Waals surface area contributed by atoms with Gasteiger partial charge < -0.3 is 15.4 Å². The topological polar surface area (TPSA) is 38.5 Å². The van der Waals surface area contributed by atoms with Crippen LogP contribution in [0.3, 0.4) is 0 Å². The quantitative estimate of drug-likeness (QED) is 0.754. The maximum Gasteiger partial charge on any atom is 0.0523 e. The molecule has 134 valence electrons. The number of aryl methyl sites for hydroxylation is 1. The zero-order valence-electron chi connectivity index (χ0n) is 15.3. The minimum absolute atomic E-state index is 0.302. The summed E-state index contributed by atoms with van der Waals surface area (Å²) < 4.78 is 5.89. The minimum atomic E-state index is 0.302. The normalized spacial score (nSPS) is 16.8. The van der Waals surface area contributed by atoms with Gasteiger partial charge in [-0.25, -0.2) is 0 Å². The van der Waals surface area contributed by atoms with Crippen LogP contribution >= 0.6 is 0 Å². The van der Waals surface area contributed by atoms with E-state index in [0.717, 1.165) is 38.4 Å². The second-order valence-corrected chi connectivity index (χ2v) is 7.20. The predicted octanol–water partition coefficient (Wildman–Crippen LogP) is 4.52. The van der Waals surface area contributed by atoms with Gasteiger partial charge in [-0.05, 0) is 67.9 Å². The number of ether oxygens (including phenoxy) is 1. The van der Waals surface area contributed by atoms with Crippen molar-refractivity contribution in [1.29, 1.82) is 0 Å². The number of nitrogen functional groups attached to an aromatic ring is 1. The molecular weight excluding hydrogens is 308 g/mol. The van der Waals surface area contributed by atoms with E-state index in [2.05, 4.69) is 54.3 Å². The third-order valence-electron chi connectivity index (χ3n) is 5.48. The molecule has 2 N–H and O–H groups in total. The van der Waals surface area contributed by atoms with Crippen LogP contribution in [0, 0.1) is 5.41 Å². The van der Waals surface area contributed by atoms with E-state index in [1.807, 2.05) is 12.1 Å². The largest absolute Gasteiger partial charge is 0.399 e. The van der Waals surface area contributed by atoms with Gasteiger partial charge in [0.25, 0.3) is 0 Å². The lowest BCUT2D eigenvalue weighted by Gasteiger charge is -2.43. The minimum Gasteiger partial charge on any atom is -0.399 e. The lowest BCUT2D eigenvalue weighted by Crippen LogP contribution is -2.43. The molecule has 1 aliphatic heterocycles. The van der Waals surface area contributed by atoms with Crippen LogP contribution in [0.1, 0.15) is 31.7 Å². The number of nitrogens with zero attached hydrogens (tertiary/aromatic N) is 1. The Bertz CT molecular complexity index is 631. The number of nitrogens with two attached hydrogens (primary N) is 1. The molecule has 0 saturated carbocycles. The molecule has 0 aromatic heterocycles. The Morgan fingerprint density at radius 1 is 1.00 bits per heavy atom. The monoisotopic (exact) mass is 338 g/mol. The Morgan fingerprint density at radius 2 is 1.68 bits per heavy atom. The molecule has 3 heteroatoms. The summed E-state index contributed by atoms with van der Waals surface area (Å²) in [5.41, 5.74) is 9.65. The summed E-state index contributed by atoms with van der Waals surface area (Å²) in [5.74, 6) is 0. The number of piperidine rings is 1. The lowest BCUT2D eigenvalue weighted by atomic mass is 9.74. The second-order valence-electron chi connectivity index (χ2n) is 7.20. The van der Waals surface area contributed by atoms with E-state index in [9.17, 15) is 0 Å². The highest BCUT2D eigenvalue weighted by Gasteiger charge is 2.34. The third-order valence-corrected chi connectivity index (χ3v) is 5.48. The summed E-state index contributed by atoms with van der Waals surface area (Å²) in [7, 11) is 0. The number of hydrogen-bond acceptors (Lipinski definition) is 3. The molecule has 1 saturated heterocycles. The van der Waals surface area contributed by atoms with Crippen LogP contribution in [0.2, 0.25) is 0 Å². The van der Waals surface area contributed by atoms with Crippen LogP contribution in [0.25, 0.3) is 0 Å². The molecule has 25 heavy (non-hydrogen) atoms. The molecule has 1 heterocycles. The van der Waals surface area contributed by atoms with E-state index >= 15 is 0 Å². The van der Waals surface area contributed by atoms with Gasteiger partial charge >= 0.3 is 0 Å². The summed E-state index contributed by atoms with van der Waals surface area (Å²) in [6.45, 7) is 5.95. The Hall–Kier alpha value is -2.00. The molecule has 1 aliphatic rings. The van der Waals surface area contributed by atoms with Gasteiger partial charge in [0.05, 0.1) is 6.61 Å². The summed E-state index contributed by atoms with van der Waals surface area (Å²) in [5, 5.41) is 0. The molecule has 0 bridgehead atoms. The number of benzene rings is 2. The summed E-state index contributed by atoms with van der Waals surface area (Å²) in [6.07, 6.45) is 4.71. The van der Waals surface area contributed by atoms with E-state index in [0.29, 0.717) is 5.41 Å². The number of rotatable bonds is 7. The van der Waals surface area contributed by atoms with Crippen molar-refractivity contribution in [3.05, 3.63) is 60.2 Å². The van der Waals surface area contributed by atoms with Gasteiger partial charge in [0, 0.05) is 31.1 Å².